The molecule has 21 heavy (non-hydrogen) atoms. The third kappa shape index (κ3) is 4.82. The summed E-state index contributed by atoms with van der Waals surface area (Å²) >= 11 is 0. The maximum atomic E-state index is 12.1. The fraction of sp³-hybridized carbons (Fsp3) is 0.533. The molecule has 1 aromatic carbocycles. The first-order valence-corrected chi connectivity index (χ1v) is 7.25. The van der Waals surface area contributed by atoms with Gasteiger partial charge in [-0.05, 0) is 27.2 Å². The van der Waals surface area contributed by atoms with E-state index in [9.17, 15) is 14.9 Å². The molecule has 6 nitrogen and oxygen atoms in total. The zero-order valence-electron chi connectivity index (χ0n) is 12.8. The molecular weight excluding hydrogens is 270 g/mol. The minimum Gasteiger partial charge on any atom is -0.342 e. The molecule has 1 aromatic rings. The summed E-state index contributed by atoms with van der Waals surface area (Å²) < 4.78 is 0. The van der Waals surface area contributed by atoms with Crippen LogP contribution in [0.5, 0.6) is 0 Å². The lowest BCUT2D eigenvalue weighted by Crippen LogP contribution is -2.45. The first-order valence-electron chi connectivity index (χ1n) is 7.25. The molecule has 0 aliphatic rings. The Labute approximate surface area is 125 Å². The number of nitrogens with zero attached hydrogens (tertiary/aromatic N) is 2. The van der Waals surface area contributed by atoms with Gasteiger partial charge in [0.1, 0.15) is 0 Å². The summed E-state index contributed by atoms with van der Waals surface area (Å²) in [5.41, 5.74) is 0.805. The van der Waals surface area contributed by atoms with Crippen LogP contribution in [0.15, 0.2) is 24.3 Å². The Hall–Kier alpha value is -1.95. The van der Waals surface area contributed by atoms with Gasteiger partial charge in [0.25, 0.3) is 5.69 Å². The number of carbonyl (C=O) groups is 1. The molecule has 0 bridgehead atoms. The fourth-order valence-electron chi connectivity index (χ4n) is 2.22. The minimum atomic E-state index is -0.375. The highest BCUT2D eigenvalue weighted by Crippen LogP contribution is 2.17. The van der Waals surface area contributed by atoms with Crippen molar-refractivity contribution >= 4 is 11.6 Å². The fourth-order valence-corrected chi connectivity index (χ4v) is 2.22. The average Bonchev–Trinajstić information content (AvgIpc) is 2.48. The average molecular weight is 293 g/mol. The van der Waals surface area contributed by atoms with Crippen molar-refractivity contribution in [1.29, 1.82) is 0 Å². The summed E-state index contributed by atoms with van der Waals surface area (Å²) in [6, 6.07) is 6.40. The van der Waals surface area contributed by atoms with Gasteiger partial charge in [0.05, 0.1) is 11.0 Å². The molecule has 1 rings (SSSR count). The number of amides is 1. The van der Waals surface area contributed by atoms with Gasteiger partial charge >= 0.3 is 0 Å². The van der Waals surface area contributed by atoms with E-state index in [0.29, 0.717) is 31.6 Å². The van der Waals surface area contributed by atoms with E-state index in [1.165, 1.54) is 6.07 Å². The third-order valence-electron chi connectivity index (χ3n) is 3.48. The standard InChI is InChI=1S/C15H23N3O3/c1-4-17(5-2)15(19)12(3)16-11-10-13-8-6-7-9-14(13)18(20)21/h6-9,12,16H,4-5,10-11H2,1-3H3. The zero-order valence-corrected chi connectivity index (χ0v) is 12.8. The van der Waals surface area contributed by atoms with Gasteiger partial charge in [-0.2, -0.15) is 0 Å². The molecule has 0 saturated heterocycles. The quantitative estimate of drug-likeness (QED) is 0.587. The molecule has 0 aromatic heterocycles. The Bertz CT molecular complexity index is 487. The second-order valence-electron chi connectivity index (χ2n) is 4.82. The lowest BCUT2D eigenvalue weighted by Gasteiger charge is -2.23. The van der Waals surface area contributed by atoms with E-state index in [-0.39, 0.29) is 22.6 Å². The van der Waals surface area contributed by atoms with Crippen LogP contribution in [-0.2, 0) is 11.2 Å². The molecule has 0 aliphatic heterocycles. The molecule has 0 saturated carbocycles. The zero-order chi connectivity index (χ0) is 15.8. The van der Waals surface area contributed by atoms with Crippen molar-refractivity contribution in [3.05, 3.63) is 39.9 Å². The largest absolute Gasteiger partial charge is 0.342 e. The summed E-state index contributed by atoms with van der Waals surface area (Å²) in [6.45, 7) is 7.61. The maximum Gasteiger partial charge on any atom is 0.272 e. The van der Waals surface area contributed by atoms with Gasteiger partial charge in [-0.15, -0.1) is 0 Å². The number of nitro groups is 1. The van der Waals surface area contributed by atoms with E-state index in [1.54, 1.807) is 23.1 Å². The molecule has 0 fully saturated rings. The van der Waals surface area contributed by atoms with Crippen molar-refractivity contribution in [1.82, 2.24) is 10.2 Å². The summed E-state index contributed by atoms with van der Waals surface area (Å²) in [5, 5.41) is 14.1. The number of hydrogen-bond donors (Lipinski definition) is 1. The van der Waals surface area contributed by atoms with E-state index in [2.05, 4.69) is 5.32 Å². The molecular formula is C15H23N3O3. The number of likely N-dealkylation sites (N-methyl/N-ethyl adjacent to an activating group) is 1. The van der Waals surface area contributed by atoms with Gasteiger partial charge in [-0.25, -0.2) is 0 Å². The van der Waals surface area contributed by atoms with E-state index in [1.807, 2.05) is 20.8 Å². The molecule has 1 amide bonds. The van der Waals surface area contributed by atoms with Gasteiger partial charge in [0.15, 0.2) is 0 Å². The number of nitrogens with one attached hydrogen (secondary N) is 1. The lowest BCUT2D eigenvalue weighted by atomic mass is 10.1. The van der Waals surface area contributed by atoms with Crippen LogP contribution >= 0.6 is 0 Å². The summed E-state index contributed by atoms with van der Waals surface area (Å²) in [6.07, 6.45) is 0.521. The van der Waals surface area contributed by atoms with Crippen LogP contribution in [0.25, 0.3) is 0 Å². The second kappa shape index (κ2) is 8.36. The van der Waals surface area contributed by atoms with E-state index in [4.69, 9.17) is 0 Å². The van der Waals surface area contributed by atoms with Crippen molar-refractivity contribution in [2.24, 2.45) is 0 Å². The van der Waals surface area contributed by atoms with Crippen LogP contribution in [0.3, 0.4) is 0 Å². The Balaban J connectivity index is 2.54. The number of hydrogen-bond acceptors (Lipinski definition) is 4. The third-order valence-corrected chi connectivity index (χ3v) is 3.48. The topological polar surface area (TPSA) is 75.5 Å². The normalized spacial score (nSPS) is 12.0. The Morgan fingerprint density at radius 1 is 1.33 bits per heavy atom. The number of rotatable bonds is 8. The second-order valence-corrected chi connectivity index (χ2v) is 4.82. The van der Waals surface area contributed by atoms with Crippen LogP contribution in [0, 0.1) is 10.1 Å². The monoisotopic (exact) mass is 293 g/mol. The van der Waals surface area contributed by atoms with Gasteiger partial charge in [-0.1, -0.05) is 18.2 Å². The summed E-state index contributed by atoms with van der Waals surface area (Å²) in [5.74, 6) is 0.0579. The smallest absolute Gasteiger partial charge is 0.272 e. The molecule has 1 unspecified atom stereocenters. The predicted molar refractivity (Wildman–Crippen MR) is 82.2 cm³/mol. The van der Waals surface area contributed by atoms with Crippen LogP contribution in [0.1, 0.15) is 26.3 Å². The number of para-hydroxylation sites is 1. The van der Waals surface area contributed by atoms with Gasteiger partial charge in [0, 0.05) is 31.3 Å². The molecule has 0 heterocycles. The number of benzene rings is 1. The highest BCUT2D eigenvalue weighted by molar-refractivity contribution is 5.81. The molecule has 0 aliphatic carbocycles. The Morgan fingerprint density at radius 2 is 1.95 bits per heavy atom. The highest BCUT2D eigenvalue weighted by atomic mass is 16.6. The molecule has 116 valence electrons. The molecule has 6 heteroatoms. The van der Waals surface area contributed by atoms with Crippen molar-refractivity contribution in [3.8, 4) is 0 Å². The van der Waals surface area contributed by atoms with Gasteiger partial charge < -0.3 is 10.2 Å². The number of carbonyl (C=O) groups excluding carboxylic acids is 1. The van der Waals surface area contributed by atoms with Crippen LogP contribution in [-0.4, -0.2) is 41.4 Å². The van der Waals surface area contributed by atoms with Crippen LogP contribution < -0.4 is 5.32 Å². The first kappa shape index (κ1) is 17.1. The highest BCUT2D eigenvalue weighted by Gasteiger charge is 2.18. The lowest BCUT2D eigenvalue weighted by molar-refractivity contribution is -0.385. The number of nitro benzene ring substituents is 1. The summed E-state index contributed by atoms with van der Waals surface area (Å²) in [7, 11) is 0. The molecule has 1 atom stereocenters. The van der Waals surface area contributed by atoms with Crippen molar-refractivity contribution < 1.29 is 9.72 Å². The van der Waals surface area contributed by atoms with E-state index in [0.717, 1.165) is 0 Å². The Kier molecular flexibility index (Phi) is 6.81. The first-order chi connectivity index (χ1) is 10.0. The maximum absolute atomic E-state index is 12.1. The minimum absolute atomic E-state index is 0.0579. The van der Waals surface area contributed by atoms with Gasteiger partial charge in [-0.3, -0.25) is 14.9 Å². The summed E-state index contributed by atoms with van der Waals surface area (Å²) in [4.78, 5) is 24.4. The Morgan fingerprint density at radius 3 is 2.52 bits per heavy atom. The van der Waals surface area contributed by atoms with Crippen molar-refractivity contribution in [2.75, 3.05) is 19.6 Å². The SMILES string of the molecule is CCN(CC)C(=O)C(C)NCCc1ccccc1[N+](=O)[O-]. The molecule has 1 N–H and O–H groups in total. The van der Waals surface area contributed by atoms with Crippen LogP contribution in [0.2, 0.25) is 0 Å². The van der Waals surface area contributed by atoms with Gasteiger partial charge in [0.2, 0.25) is 5.91 Å². The van der Waals surface area contributed by atoms with Crippen molar-refractivity contribution in [2.45, 2.75) is 33.2 Å². The van der Waals surface area contributed by atoms with E-state index >= 15 is 0 Å². The van der Waals surface area contributed by atoms with Crippen LogP contribution in [0.4, 0.5) is 5.69 Å². The molecule has 0 radical (unpaired) electrons. The molecule has 0 spiro atoms. The van der Waals surface area contributed by atoms with Crippen molar-refractivity contribution in [3.63, 3.8) is 0 Å². The van der Waals surface area contributed by atoms with E-state index < -0.39 is 0 Å². The predicted octanol–water partition coefficient (Wildman–Crippen LogP) is 1.98.